The average molecular weight is 392 g/mol. The van der Waals surface area contributed by atoms with Crippen molar-refractivity contribution in [1.29, 1.82) is 0 Å². The van der Waals surface area contributed by atoms with Gasteiger partial charge in [-0.25, -0.2) is 0 Å². The second-order valence-corrected chi connectivity index (χ2v) is 6.92. The van der Waals surface area contributed by atoms with Crippen molar-refractivity contribution < 1.29 is 14.1 Å². The fourth-order valence-electron chi connectivity index (χ4n) is 2.87. The number of aromatic nitrogens is 1. The van der Waals surface area contributed by atoms with Gasteiger partial charge >= 0.3 is 0 Å². The number of hydrogen-bond donors (Lipinski definition) is 0. The van der Waals surface area contributed by atoms with Crippen LogP contribution in [0.5, 0.6) is 0 Å². The molecule has 0 bridgehead atoms. The van der Waals surface area contributed by atoms with Crippen LogP contribution in [0.25, 0.3) is 0 Å². The van der Waals surface area contributed by atoms with Crippen molar-refractivity contribution in [3.8, 4) is 0 Å². The molecule has 2 heterocycles. The van der Waals surface area contributed by atoms with E-state index in [1.165, 1.54) is 0 Å². The van der Waals surface area contributed by atoms with Gasteiger partial charge in [0.1, 0.15) is 11.5 Å². The van der Waals surface area contributed by atoms with Crippen molar-refractivity contribution in [3.05, 3.63) is 46.3 Å². The second kappa shape index (κ2) is 6.76. The molecule has 2 aromatic rings. The lowest BCUT2D eigenvalue weighted by Gasteiger charge is -2.20. The molecule has 0 unspecified atom stereocenters. The predicted octanol–water partition coefficient (Wildman–Crippen LogP) is 2.76. The highest BCUT2D eigenvalue weighted by molar-refractivity contribution is 9.10. The first-order valence-electron chi connectivity index (χ1n) is 7.67. The first-order chi connectivity index (χ1) is 11.4. The summed E-state index contributed by atoms with van der Waals surface area (Å²) >= 11 is 3.38. The van der Waals surface area contributed by atoms with Gasteiger partial charge in [0, 0.05) is 36.2 Å². The normalized spacial score (nSPS) is 17.4. The van der Waals surface area contributed by atoms with Crippen molar-refractivity contribution in [1.82, 2.24) is 10.1 Å². The largest absolute Gasteiger partial charge is 0.361 e. The van der Waals surface area contributed by atoms with Crippen molar-refractivity contribution in [3.63, 3.8) is 0 Å². The van der Waals surface area contributed by atoms with Gasteiger partial charge in [-0.1, -0.05) is 21.1 Å². The van der Waals surface area contributed by atoms with Gasteiger partial charge in [0.05, 0.1) is 12.5 Å². The third kappa shape index (κ3) is 3.51. The summed E-state index contributed by atoms with van der Waals surface area (Å²) in [7, 11) is 1.72. The summed E-state index contributed by atoms with van der Waals surface area (Å²) in [4.78, 5) is 28.2. The molecular formula is C17H18BrN3O3. The Hall–Kier alpha value is -2.15. The fraction of sp³-hybridized carbons (Fsp3) is 0.353. The number of benzene rings is 1. The van der Waals surface area contributed by atoms with Crippen LogP contribution in [0.2, 0.25) is 0 Å². The van der Waals surface area contributed by atoms with Crippen LogP contribution in [0.15, 0.2) is 39.3 Å². The van der Waals surface area contributed by atoms with Crippen molar-refractivity contribution >= 4 is 33.4 Å². The van der Waals surface area contributed by atoms with Crippen LogP contribution in [-0.2, 0) is 16.1 Å². The minimum absolute atomic E-state index is 0.0265. The van der Waals surface area contributed by atoms with E-state index in [0.717, 1.165) is 10.2 Å². The minimum atomic E-state index is -0.334. The number of rotatable bonds is 4. The van der Waals surface area contributed by atoms with Gasteiger partial charge in [-0.3, -0.25) is 9.59 Å². The molecule has 1 atom stereocenters. The summed E-state index contributed by atoms with van der Waals surface area (Å²) in [5, 5.41) is 3.90. The van der Waals surface area contributed by atoms with E-state index in [4.69, 9.17) is 4.52 Å². The molecule has 0 radical (unpaired) electrons. The highest BCUT2D eigenvalue weighted by Crippen LogP contribution is 2.27. The minimum Gasteiger partial charge on any atom is -0.361 e. The molecular weight excluding hydrogens is 374 g/mol. The van der Waals surface area contributed by atoms with Crippen LogP contribution < -0.4 is 4.90 Å². The second-order valence-electron chi connectivity index (χ2n) is 6.01. The van der Waals surface area contributed by atoms with Gasteiger partial charge in [-0.15, -0.1) is 0 Å². The monoisotopic (exact) mass is 391 g/mol. The summed E-state index contributed by atoms with van der Waals surface area (Å²) in [6, 6.07) is 9.32. The van der Waals surface area contributed by atoms with E-state index in [1.54, 1.807) is 22.9 Å². The van der Waals surface area contributed by atoms with Crippen LogP contribution >= 0.6 is 15.9 Å². The number of hydrogen-bond acceptors (Lipinski definition) is 4. The van der Waals surface area contributed by atoms with Gasteiger partial charge in [0.15, 0.2) is 0 Å². The Morgan fingerprint density at radius 2 is 2.12 bits per heavy atom. The Morgan fingerprint density at radius 1 is 1.42 bits per heavy atom. The molecule has 126 valence electrons. The van der Waals surface area contributed by atoms with Crippen LogP contribution in [0.4, 0.5) is 5.69 Å². The predicted molar refractivity (Wildman–Crippen MR) is 92.3 cm³/mol. The van der Waals surface area contributed by atoms with E-state index in [1.807, 2.05) is 31.2 Å². The summed E-state index contributed by atoms with van der Waals surface area (Å²) in [6.07, 6.45) is 0.233. The highest BCUT2D eigenvalue weighted by atomic mass is 79.9. The number of aryl methyl sites for hydroxylation is 1. The lowest BCUT2D eigenvalue weighted by Crippen LogP contribution is -2.34. The SMILES string of the molecule is Cc1cc(CN(C)C(=O)[C@@H]2CC(=O)N(c3ccc(Br)cc3)C2)no1. The first-order valence-corrected chi connectivity index (χ1v) is 8.46. The summed E-state index contributed by atoms with van der Waals surface area (Å²) in [5.74, 6) is 0.299. The highest BCUT2D eigenvalue weighted by Gasteiger charge is 2.36. The number of carbonyl (C=O) groups excluding carboxylic acids is 2. The zero-order chi connectivity index (χ0) is 17.3. The lowest BCUT2D eigenvalue weighted by molar-refractivity contribution is -0.135. The Balaban J connectivity index is 1.66. The third-order valence-electron chi connectivity index (χ3n) is 4.06. The van der Waals surface area contributed by atoms with E-state index in [2.05, 4.69) is 21.1 Å². The molecule has 1 saturated heterocycles. The Bertz CT molecular complexity index is 757. The maximum absolute atomic E-state index is 12.6. The lowest BCUT2D eigenvalue weighted by atomic mass is 10.1. The molecule has 1 fully saturated rings. The topological polar surface area (TPSA) is 66.7 Å². The Labute approximate surface area is 148 Å². The molecule has 7 heteroatoms. The number of amides is 2. The maximum Gasteiger partial charge on any atom is 0.228 e. The summed E-state index contributed by atoms with van der Waals surface area (Å²) < 4.78 is 5.97. The molecule has 0 saturated carbocycles. The molecule has 1 aromatic heterocycles. The van der Waals surface area contributed by atoms with E-state index in [0.29, 0.717) is 24.5 Å². The number of anilines is 1. The summed E-state index contributed by atoms with van der Waals surface area (Å²) in [5.41, 5.74) is 1.52. The standard InChI is InChI=1S/C17H18BrN3O3/c1-11-7-14(19-24-11)10-20(2)17(23)12-8-16(22)21(9-12)15-5-3-13(18)4-6-15/h3-7,12H,8-10H2,1-2H3/t12-/m1/s1. The smallest absolute Gasteiger partial charge is 0.228 e. The molecule has 2 amide bonds. The molecule has 0 spiro atoms. The van der Waals surface area contributed by atoms with Crippen LogP contribution in [0, 0.1) is 12.8 Å². The first kappa shape index (κ1) is 16.7. The summed E-state index contributed by atoms with van der Waals surface area (Å²) in [6.45, 7) is 2.59. The van der Waals surface area contributed by atoms with Crippen molar-refractivity contribution in [2.24, 2.45) is 5.92 Å². The number of carbonyl (C=O) groups is 2. The van der Waals surface area contributed by atoms with E-state index < -0.39 is 0 Å². The van der Waals surface area contributed by atoms with Gasteiger partial charge in [-0.05, 0) is 31.2 Å². The maximum atomic E-state index is 12.6. The zero-order valence-corrected chi connectivity index (χ0v) is 15.1. The molecule has 1 aliphatic heterocycles. The van der Waals surface area contributed by atoms with Gasteiger partial charge in [0.25, 0.3) is 0 Å². The fourth-order valence-corrected chi connectivity index (χ4v) is 3.13. The van der Waals surface area contributed by atoms with Crippen LogP contribution in [0.1, 0.15) is 17.9 Å². The number of nitrogens with zero attached hydrogens (tertiary/aromatic N) is 3. The van der Waals surface area contributed by atoms with Crippen molar-refractivity contribution in [2.45, 2.75) is 19.9 Å². The molecule has 0 N–H and O–H groups in total. The van der Waals surface area contributed by atoms with E-state index >= 15 is 0 Å². The van der Waals surface area contributed by atoms with Gasteiger partial charge in [0.2, 0.25) is 11.8 Å². The third-order valence-corrected chi connectivity index (χ3v) is 4.59. The van der Waals surface area contributed by atoms with E-state index in [-0.39, 0.29) is 24.2 Å². The molecule has 1 aromatic carbocycles. The quantitative estimate of drug-likeness (QED) is 0.803. The molecule has 24 heavy (non-hydrogen) atoms. The molecule has 0 aliphatic carbocycles. The molecule has 3 rings (SSSR count). The Kier molecular flexibility index (Phi) is 4.71. The van der Waals surface area contributed by atoms with Crippen molar-refractivity contribution in [2.75, 3.05) is 18.5 Å². The van der Waals surface area contributed by atoms with Crippen LogP contribution in [-0.4, -0.2) is 35.5 Å². The number of halogens is 1. The van der Waals surface area contributed by atoms with E-state index in [9.17, 15) is 9.59 Å². The van der Waals surface area contributed by atoms with Crippen LogP contribution in [0.3, 0.4) is 0 Å². The van der Waals surface area contributed by atoms with Gasteiger partial charge < -0.3 is 14.3 Å². The average Bonchev–Trinajstić information content (AvgIpc) is 3.13. The zero-order valence-electron chi connectivity index (χ0n) is 13.5. The Morgan fingerprint density at radius 3 is 2.75 bits per heavy atom. The molecule has 1 aliphatic rings. The molecule has 6 nitrogen and oxygen atoms in total. The van der Waals surface area contributed by atoms with Gasteiger partial charge in [-0.2, -0.15) is 0 Å².